The van der Waals surface area contributed by atoms with Crippen molar-refractivity contribution in [2.24, 2.45) is 11.7 Å². The van der Waals surface area contributed by atoms with Gasteiger partial charge >= 0.3 is 6.18 Å². The molecule has 0 saturated carbocycles. The number of nitrogens with two attached hydrogens (primary N) is 1. The molecule has 212 valence electrons. The number of aliphatic hydroxyl groups excluding tert-OH is 1. The van der Waals surface area contributed by atoms with Crippen LogP contribution in [-0.4, -0.2) is 77.9 Å². The van der Waals surface area contributed by atoms with Gasteiger partial charge in [-0.25, -0.2) is 9.97 Å². The van der Waals surface area contributed by atoms with Gasteiger partial charge in [-0.3, -0.25) is 9.69 Å². The number of carbonyl (C=O) groups excluding carboxylic acids is 1. The van der Waals surface area contributed by atoms with Crippen molar-refractivity contribution >= 4 is 17.5 Å². The summed E-state index contributed by atoms with van der Waals surface area (Å²) in [6.07, 6.45) is -3.38. The summed E-state index contributed by atoms with van der Waals surface area (Å²) in [5.41, 5.74) is 4.99. The first kappa shape index (κ1) is 31.2. The Labute approximate surface area is 220 Å². The van der Waals surface area contributed by atoms with Crippen molar-refractivity contribution in [2.75, 3.05) is 56.2 Å². The van der Waals surface area contributed by atoms with E-state index in [0.717, 1.165) is 12.1 Å². The number of hydrogen-bond donors (Lipinski definition) is 3. The number of morpholine rings is 1. The quantitative estimate of drug-likeness (QED) is 0.456. The number of rotatable bonds is 7. The van der Waals surface area contributed by atoms with Crippen LogP contribution in [0.5, 0.6) is 0 Å². The number of likely N-dealkylation sites (tertiary alicyclic amines) is 1. The van der Waals surface area contributed by atoms with Gasteiger partial charge in [0.05, 0.1) is 37.5 Å². The number of ether oxygens (including phenoxy) is 1. The van der Waals surface area contributed by atoms with Gasteiger partial charge in [0.15, 0.2) is 11.6 Å². The van der Waals surface area contributed by atoms with Crippen molar-refractivity contribution in [3.63, 3.8) is 0 Å². The summed E-state index contributed by atoms with van der Waals surface area (Å²) in [6, 6.07) is 4.17. The van der Waals surface area contributed by atoms with Crippen LogP contribution in [0.25, 0.3) is 0 Å². The summed E-state index contributed by atoms with van der Waals surface area (Å²) in [5.74, 6) is -1.37. The molecule has 0 bridgehead atoms. The number of primary amides is 1. The normalized spacial score (nSPS) is 22.2. The maximum Gasteiger partial charge on any atom is 0.416 e. The lowest BCUT2D eigenvalue weighted by Gasteiger charge is -2.37. The van der Waals surface area contributed by atoms with Crippen LogP contribution >= 0.6 is 0 Å². The fraction of sp³-hybridized carbons (Fsp3) is 0.560. The third-order valence-electron chi connectivity index (χ3n) is 6.51. The maximum absolute atomic E-state index is 15.5. The molecular weight excluding hydrogens is 508 g/mol. The Bertz CT molecular complexity index is 1060. The van der Waals surface area contributed by atoms with E-state index in [9.17, 15) is 23.1 Å². The van der Waals surface area contributed by atoms with E-state index in [1.54, 1.807) is 9.80 Å². The SMILES string of the molecule is C.C.NC(=O)CN1CC[C@H](CNc2ncnc(N3CCOC[C@@H]3c3ccc(C(F)(F)F)cc3)c2F)[C@@H](O)C1. The van der Waals surface area contributed by atoms with Crippen LogP contribution in [0, 0.1) is 11.7 Å². The van der Waals surface area contributed by atoms with E-state index in [2.05, 4.69) is 15.3 Å². The molecule has 1 amide bonds. The first-order valence-electron chi connectivity index (χ1n) is 11.6. The lowest BCUT2D eigenvalue weighted by Crippen LogP contribution is -2.48. The molecule has 2 aliphatic rings. The zero-order chi connectivity index (χ0) is 25.9. The molecule has 38 heavy (non-hydrogen) atoms. The van der Waals surface area contributed by atoms with E-state index in [1.165, 1.54) is 18.5 Å². The van der Waals surface area contributed by atoms with Gasteiger partial charge in [0.25, 0.3) is 0 Å². The molecule has 0 spiro atoms. The van der Waals surface area contributed by atoms with Gasteiger partial charge in [0.1, 0.15) is 6.33 Å². The van der Waals surface area contributed by atoms with E-state index < -0.39 is 35.6 Å². The fourth-order valence-corrected chi connectivity index (χ4v) is 4.59. The van der Waals surface area contributed by atoms with E-state index in [1.807, 2.05) is 0 Å². The zero-order valence-electron chi connectivity index (χ0n) is 19.4. The number of β-amino-alcohol motifs (C(OH)–C–C–N with tert-alkyl or cyclic N) is 1. The monoisotopic (exact) mass is 544 g/mol. The number of halogens is 4. The number of aliphatic hydroxyl groups is 1. The van der Waals surface area contributed by atoms with Crippen molar-refractivity contribution in [2.45, 2.75) is 39.6 Å². The van der Waals surface area contributed by atoms with Crippen molar-refractivity contribution in [1.82, 2.24) is 14.9 Å². The van der Waals surface area contributed by atoms with E-state index in [-0.39, 0.29) is 65.2 Å². The molecule has 2 saturated heterocycles. The number of piperidine rings is 1. The Morgan fingerprint density at radius 3 is 2.53 bits per heavy atom. The molecule has 13 heteroatoms. The molecule has 3 heterocycles. The Kier molecular flexibility index (Phi) is 10.8. The summed E-state index contributed by atoms with van der Waals surface area (Å²) in [4.78, 5) is 22.6. The topological polar surface area (TPSA) is 117 Å². The number of nitrogens with zero attached hydrogens (tertiary/aromatic N) is 4. The number of anilines is 2. The van der Waals surface area contributed by atoms with Gasteiger partial charge in [-0.2, -0.15) is 17.6 Å². The Hall–Kier alpha value is -3.03. The lowest BCUT2D eigenvalue weighted by atomic mass is 9.93. The second kappa shape index (κ2) is 13.2. The van der Waals surface area contributed by atoms with Crippen LogP contribution in [0.2, 0.25) is 0 Å². The third kappa shape index (κ3) is 7.29. The highest BCUT2D eigenvalue weighted by atomic mass is 19.4. The Balaban J connectivity index is 0.00000253. The van der Waals surface area contributed by atoms with Crippen molar-refractivity contribution in [3.05, 3.63) is 47.5 Å². The number of carbonyl (C=O) groups is 1. The number of nitrogens with one attached hydrogen (secondary N) is 1. The molecule has 0 unspecified atom stereocenters. The molecule has 0 radical (unpaired) electrons. The molecule has 3 atom stereocenters. The first-order valence-corrected chi connectivity index (χ1v) is 11.6. The molecule has 1 aromatic heterocycles. The number of benzene rings is 1. The van der Waals surface area contributed by atoms with Gasteiger partial charge in [-0.1, -0.05) is 27.0 Å². The fourth-order valence-electron chi connectivity index (χ4n) is 4.59. The summed E-state index contributed by atoms with van der Waals surface area (Å²) < 4.78 is 59.9. The van der Waals surface area contributed by atoms with Crippen LogP contribution in [0.1, 0.15) is 38.4 Å². The molecule has 4 N–H and O–H groups in total. The van der Waals surface area contributed by atoms with Gasteiger partial charge in [-0.15, -0.1) is 0 Å². The largest absolute Gasteiger partial charge is 0.416 e. The summed E-state index contributed by atoms with van der Waals surface area (Å²) in [5, 5.41) is 13.4. The average Bonchev–Trinajstić information content (AvgIpc) is 2.83. The maximum atomic E-state index is 15.5. The second-order valence-electron chi connectivity index (χ2n) is 8.96. The minimum absolute atomic E-state index is 0. The van der Waals surface area contributed by atoms with Gasteiger partial charge in [0.2, 0.25) is 11.7 Å². The predicted octanol–water partition coefficient (Wildman–Crippen LogP) is 3.06. The van der Waals surface area contributed by atoms with E-state index >= 15 is 4.39 Å². The molecule has 1 aromatic carbocycles. The minimum Gasteiger partial charge on any atom is -0.391 e. The lowest BCUT2D eigenvalue weighted by molar-refractivity contribution is -0.137. The van der Waals surface area contributed by atoms with Gasteiger partial charge in [-0.05, 0) is 30.7 Å². The highest BCUT2D eigenvalue weighted by Crippen LogP contribution is 2.34. The highest BCUT2D eigenvalue weighted by molar-refractivity contribution is 5.75. The molecule has 9 nitrogen and oxygen atoms in total. The molecule has 2 aliphatic heterocycles. The van der Waals surface area contributed by atoms with Gasteiger partial charge < -0.3 is 25.8 Å². The van der Waals surface area contributed by atoms with Crippen molar-refractivity contribution in [3.8, 4) is 0 Å². The molecule has 2 fully saturated rings. The highest BCUT2D eigenvalue weighted by Gasteiger charge is 2.33. The third-order valence-corrected chi connectivity index (χ3v) is 6.51. The summed E-state index contributed by atoms with van der Waals surface area (Å²) in [6.45, 7) is 1.94. The zero-order valence-corrected chi connectivity index (χ0v) is 19.4. The van der Waals surface area contributed by atoms with Crippen LogP contribution in [-0.2, 0) is 15.7 Å². The minimum atomic E-state index is -4.45. The van der Waals surface area contributed by atoms with E-state index in [0.29, 0.717) is 25.1 Å². The van der Waals surface area contributed by atoms with Crippen LogP contribution in [0.3, 0.4) is 0 Å². The number of hydrogen-bond acceptors (Lipinski definition) is 8. The number of aromatic nitrogens is 2. The van der Waals surface area contributed by atoms with Crippen molar-refractivity contribution in [1.29, 1.82) is 0 Å². The number of alkyl halides is 3. The number of amides is 1. The van der Waals surface area contributed by atoms with Gasteiger partial charge in [0, 0.05) is 25.6 Å². The smallest absolute Gasteiger partial charge is 0.391 e. The standard InChI is InChI=1S/C23H28F4N6O3.2CH4/c24-20-21(29-9-15-5-6-32(10-18(15)34)11-19(28)35)30-13-31-22(20)33-7-8-36-12-17(33)14-1-3-16(4-2-14)23(25,26)27;;/h1-4,13,15,17-18,34H,5-12H2,(H2,28,35)(H,29,30,31);2*1H4/t15-,17-,18+;;/m1../s1. The Morgan fingerprint density at radius 1 is 1.18 bits per heavy atom. The second-order valence-corrected chi connectivity index (χ2v) is 8.96. The van der Waals surface area contributed by atoms with E-state index in [4.69, 9.17) is 10.5 Å². The first-order chi connectivity index (χ1) is 17.1. The summed E-state index contributed by atoms with van der Waals surface area (Å²) >= 11 is 0. The Morgan fingerprint density at radius 2 is 1.89 bits per heavy atom. The molecular formula is C25H36F4N6O3. The van der Waals surface area contributed by atoms with Crippen molar-refractivity contribution < 1.29 is 32.2 Å². The predicted molar refractivity (Wildman–Crippen MR) is 136 cm³/mol. The summed E-state index contributed by atoms with van der Waals surface area (Å²) in [7, 11) is 0. The van der Waals surface area contributed by atoms with Crippen LogP contribution in [0.4, 0.5) is 29.2 Å². The average molecular weight is 545 g/mol. The van der Waals surface area contributed by atoms with Crippen LogP contribution in [0.15, 0.2) is 30.6 Å². The molecule has 0 aliphatic carbocycles. The molecule has 2 aromatic rings. The molecule has 4 rings (SSSR count). The van der Waals surface area contributed by atoms with Crippen LogP contribution < -0.4 is 16.0 Å².